The number of rotatable bonds is 3. The zero-order valence-electron chi connectivity index (χ0n) is 10.9. The van der Waals surface area contributed by atoms with Crippen LogP contribution in [-0.2, 0) is 4.79 Å². The van der Waals surface area contributed by atoms with Crippen LogP contribution in [0.1, 0.15) is 10.4 Å². The van der Waals surface area contributed by atoms with E-state index < -0.39 is 23.0 Å². The van der Waals surface area contributed by atoms with Gasteiger partial charge in [0, 0.05) is 26.2 Å². The Kier molecular flexibility index (Phi) is 4.52. The number of nitrogens with zero attached hydrogens (tertiary/aromatic N) is 1. The van der Waals surface area contributed by atoms with E-state index in [4.69, 9.17) is 0 Å². The lowest BCUT2D eigenvalue weighted by Gasteiger charge is -2.27. The molecule has 2 amide bonds. The summed E-state index contributed by atoms with van der Waals surface area (Å²) in [5.74, 6) is -2.30. The van der Waals surface area contributed by atoms with Crippen LogP contribution < -0.4 is 10.6 Å². The molecule has 0 saturated carbocycles. The third kappa shape index (κ3) is 3.24. The lowest BCUT2D eigenvalue weighted by atomic mass is 10.1. The van der Waals surface area contributed by atoms with E-state index in [1.165, 1.54) is 12.1 Å². The van der Waals surface area contributed by atoms with Gasteiger partial charge in [-0.1, -0.05) is 6.07 Å². The van der Waals surface area contributed by atoms with Crippen molar-refractivity contribution >= 4 is 11.8 Å². The van der Waals surface area contributed by atoms with Gasteiger partial charge in [-0.15, -0.1) is 0 Å². The van der Waals surface area contributed by atoms with Gasteiger partial charge in [0.2, 0.25) is 5.91 Å². The molecule has 0 atom stereocenters. The van der Waals surface area contributed by atoms with Crippen molar-refractivity contribution in [1.82, 2.24) is 15.5 Å². The Morgan fingerprint density at radius 3 is 2.70 bits per heavy atom. The molecule has 0 radical (unpaired) electrons. The fourth-order valence-corrected chi connectivity index (χ4v) is 2.01. The fraction of sp³-hybridized carbons (Fsp3) is 0.385. The molecule has 0 bridgehead atoms. The maximum absolute atomic E-state index is 13.5. The number of benzene rings is 1. The molecule has 1 fully saturated rings. The number of aromatic hydroxyl groups is 1. The first-order valence-electron chi connectivity index (χ1n) is 6.34. The highest BCUT2D eigenvalue weighted by Gasteiger charge is 2.20. The van der Waals surface area contributed by atoms with Crippen LogP contribution in [0.3, 0.4) is 0 Å². The maximum atomic E-state index is 13.5. The van der Waals surface area contributed by atoms with Crippen molar-refractivity contribution in [1.29, 1.82) is 0 Å². The minimum absolute atomic E-state index is 0.216. The minimum atomic E-state index is -0.822. The molecule has 20 heavy (non-hydrogen) atoms. The lowest BCUT2D eigenvalue weighted by molar-refractivity contribution is -0.130. The van der Waals surface area contributed by atoms with Gasteiger partial charge in [0.15, 0.2) is 0 Å². The Morgan fingerprint density at radius 2 is 2.05 bits per heavy atom. The molecule has 7 heteroatoms. The summed E-state index contributed by atoms with van der Waals surface area (Å²) in [5.41, 5.74) is -0.444. The Labute approximate surface area is 115 Å². The molecule has 1 aliphatic rings. The van der Waals surface area contributed by atoms with Crippen LogP contribution in [0.2, 0.25) is 0 Å². The van der Waals surface area contributed by atoms with Crippen molar-refractivity contribution in [2.24, 2.45) is 0 Å². The van der Waals surface area contributed by atoms with Gasteiger partial charge in [-0.3, -0.25) is 9.59 Å². The predicted molar refractivity (Wildman–Crippen MR) is 69.8 cm³/mol. The van der Waals surface area contributed by atoms with Crippen LogP contribution in [0.15, 0.2) is 18.2 Å². The highest BCUT2D eigenvalue weighted by atomic mass is 19.1. The number of halogens is 1. The van der Waals surface area contributed by atoms with E-state index in [1.54, 1.807) is 4.90 Å². The molecule has 3 N–H and O–H groups in total. The summed E-state index contributed by atoms with van der Waals surface area (Å²) in [7, 11) is 0. The molecule has 0 spiro atoms. The fourth-order valence-electron chi connectivity index (χ4n) is 2.01. The van der Waals surface area contributed by atoms with Crippen molar-refractivity contribution in [2.75, 3.05) is 32.7 Å². The highest BCUT2D eigenvalue weighted by molar-refractivity contribution is 5.98. The molecule has 1 aromatic carbocycles. The van der Waals surface area contributed by atoms with Gasteiger partial charge in [0.25, 0.3) is 5.91 Å². The molecule has 6 nitrogen and oxygen atoms in total. The first-order chi connectivity index (χ1) is 9.59. The summed E-state index contributed by atoms with van der Waals surface area (Å²) in [6, 6.07) is 3.59. The van der Waals surface area contributed by atoms with E-state index >= 15 is 0 Å². The molecule has 1 aliphatic heterocycles. The van der Waals surface area contributed by atoms with E-state index in [-0.39, 0.29) is 12.5 Å². The minimum Gasteiger partial charge on any atom is -0.507 e. The summed E-state index contributed by atoms with van der Waals surface area (Å²) in [6.07, 6.45) is 0. The standard InChI is InChI=1S/C13H16FN3O3/c14-9-2-1-3-10(18)12(9)13(20)16-8-11(19)17-6-4-15-5-7-17/h1-3,15,18H,4-8H2,(H,16,20). The zero-order valence-corrected chi connectivity index (χ0v) is 10.9. The van der Waals surface area contributed by atoms with Crippen molar-refractivity contribution in [3.63, 3.8) is 0 Å². The van der Waals surface area contributed by atoms with Crippen LogP contribution in [0.4, 0.5) is 4.39 Å². The molecule has 2 rings (SSSR count). The Morgan fingerprint density at radius 1 is 1.35 bits per heavy atom. The molecule has 0 unspecified atom stereocenters. The Bertz CT molecular complexity index is 495. The topological polar surface area (TPSA) is 81.7 Å². The number of hydrogen-bond donors (Lipinski definition) is 3. The molecule has 0 aromatic heterocycles. The van der Waals surface area contributed by atoms with Crippen LogP contribution in [0.5, 0.6) is 5.75 Å². The molecular formula is C13H16FN3O3. The number of phenolic OH excluding ortho intramolecular Hbond substituents is 1. The van der Waals surface area contributed by atoms with Crippen LogP contribution in [-0.4, -0.2) is 54.5 Å². The third-order valence-electron chi connectivity index (χ3n) is 3.09. The third-order valence-corrected chi connectivity index (χ3v) is 3.09. The molecule has 0 aliphatic carbocycles. The lowest BCUT2D eigenvalue weighted by Crippen LogP contribution is -2.49. The summed E-state index contributed by atoms with van der Waals surface area (Å²) < 4.78 is 13.5. The summed E-state index contributed by atoms with van der Waals surface area (Å²) >= 11 is 0. The molecule has 1 saturated heterocycles. The first-order valence-corrected chi connectivity index (χ1v) is 6.34. The monoisotopic (exact) mass is 281 g/mol. The van der Waals surface area contributed by atoms with Gasteiger partial charge in [-0.25, -0.2) is 4.39 Å². The van der Waals surface area contributed by atoms with Gasteiger partial charge in [-0.05, 0) is 12.1 Å². The average Bonchev–Trinajstić information content (AvgIpc) is 2.45. The number of hydrogen-bond acceptors (Lipinski definition) is 4. The van der Waals surface area contributed by atoms with Gasteiger partial charge in [0.05, 0.1) is 6.54 Å². The van der Waals surface area contributed by atoms with Crippen molar-refractivity contribution < 1.29 is 19.1 Å². The predicted octanol–water partition coefficient (Wildman–Crippen LogP) is -0.307. The molecule has 1 aromatic rings. The summed E-state index contributed by atoms with van der Waals surface area (Å²) in [4.78, 5) is 25.2. The summed E-state index contributed by atoms with van der Waals surface area (Å²) in [6.45, 7) is 2.38. The number of phenols is 1. The van der Waals surface area contributed by atoms with Crippen molar-refractivity contribution in [3.8, 4) is 5.75 Å². The van der Waals surface area contributed by atoms with Gasteiger partial charge < -0.3 is 20.6 Å². The van der Waals surface area contributed by atoms with E-state index in [0.29, 0.717) is 26.2 Å². The first kappa shape index (κ1) is 14.3. The second kappa shape index (κ2) is 6.33. The van der Waals surface area contributed by atoms with Gasteiger partial charge in [-0.2, -0.15) is 0 Å². The van der Waals surface area contributed by atoms with E-state index in [9.17, 15) is 19.1 Å². The average molecular weight is 281 g/mol. The number of carbonyl (C=O) groups excluding carboxylic acids is 2. The number of amides is 2. The zero-order chi connectivity index (χ0) is 14.5. The number of carbonyl (C=O) groups is 2. The van der Waals surface area contributed by atoms with Crippen LogP contribution in [0.25, 0.3) is 0 Å². The van der Waals surface area contributed by atoms with Crippen LogP contribution in [0, 0.1) is 5.82 Å². The van der Waals surface area contributed by atoms with E-state index in [1.807, 2.05) is 0 Å². The number of piperazine rings is 1. The van der Waals surface area contributed by atoms with Crippen molar-refractivity contribution in [2.45, 2.75) is 0 Å². The molecule has 1 heterocycles. The van der Waals surface area contributed by atoms with E-state index in [0.717, 1.165) is 6.07 Å². The second-order valence-electron chi connectivity index (χ2n) is 4.45. The second-order valence-corrected chi connectivity index (χ2v) is 4.45. The Balaban J connectivity index is 1.93. The van der Waals surface area contributed by atoms with Crippen LogP contribution >= 0.6 is 0 Å². The highest BCUT2D eigenvalue weighted by Crippen LogP contribution is 2.19. The Hall–Kier alpha value is -2.15. The normalized spacial score (nSPS) is 14.9. The quantitative estimate of drug-likeness (QED) is 0.710. The maximum Gasteiger partial charge on any atom is 0.258 e. The van der Waals surface area contributed by atoms with Crippen molar-refractivity contribution in [3.05, 3.63) is 29.6 Å². The smallest absolute Gasteiger partial charge is 0.258 e. The van der Waals surface area contributed by atoms with Gasteiger partial charge >= 0.3 is 0 Å². The van der Waals surface area contributed by atoms with Gasteiger partial charge in [0.1, 0.15) is 17.1 Å². The largest absolute Gasteiger partial charge is 0.507 e. The molecule has 108 valence electrons. The summed E-state index contributed by atoms with van der Waals surface area (Å²) in [5, 5.41) is 14.9. The van der Waals surface area contributed by atoms with E-state index in [2.05, 4.69) is 10.6 Å². The number of nitrogens with one attached hydrogen (secondary N) is 2. The molecular weight excluding hydrogens is 265 g/mol. The SMILES string of the molecule is O=C(NCC(=O)N1CCNCC1)c1c(O)cccc1F.